The van der Waals surface area contributed by atoms with Gasteiger partial charge in [-0.05, 0) is 34.4 Å². The standard InChI is InChI=1S/C6H10N4O.C2H6.CH3IS/c1-4-5(7)10(3-9-4)6(11)8-2;1-2;1-3-2/h3H,7H2,1-2H3,(H,8,11);1-2H3;1H3. The van der Waals surface area contributed by atoms with Gasteiger partial charge in [-0.25, -0.2) is 14.3 Å². The lowest BCUT2D eigenvalue weighted by Crippen LogP contribution is -2.24. The molecule has 1 rings (SSSR count). The van der Waals surface area contributed by atoms with Crippen LogP contribution in [-0.4, -0.2) is 28.9 Å². The Kier molecular flexibility index (Phi) is 12.4. The van der Waals surface area contributed by atoms with Crippen LogP contribution < -0.4 is 11.1 Å². The number of amides is 1. The predicted molar refractivity (Wildman–Crippen MR) is 80.1 cm³/mol. The average molecular weight is 358 g/mol. The maximum Gasteiger partial charge on any atom is 0.328 e. The number of hydrogen-bond donors (Lipinski definition) is 2. The van der Waals surface area contributed by atoms with Gasteiger partial charge in [0.15, 0.2) is 0 Å². The number of anilines is 1. The molecule has 3 N–H and O–H groups in total. The highest BCUT2D eigenvalue weighted by Gasteiger charge is 2.07. The number of imidazole rings is 1. The number of nitrogens with one attached hydrogen (secondary N) is 1. The molecule has 0 aliphatic carbocycles. The van der Waals surface area contributed by atoms with E-state index >= 15 is 0 Å². The number of halogens is 1. The quantitative estimate of drug-likeness (QED) is 0.700. The summed E-state index contributed by atoms with van der Waals surface area (Å²) >= 11 is 2.20. The van der Waals surface area contributed by atoms with E-state index in [1.807, 2.05) is 20.1 Å². The summed E-state index contributed by atoms with van der Waals surface area (Å²) in [5.41, 5.74) is 6.18. The third-order valence-electron chi connectivity index (χ3n) is 1.43. The van der Waals surface area contributed by atoms with Crippen molar-refractivity contribution in [1.29, 1.82) is 0 Å². The number of nitrogens with zero attached hydrogens (tertiary/aromatic N) is 2. The van der Waals surface area contributed by atoms with Gasteiger partial charge in [0.2, 0.25) is 0 Å². The van der Waals surface area contributed by atoms with E-state index in [2.05, 4.69) is 31.5 Å². The molecule has 7 heteroatoms. The zero-order valence-corrected chi connectivity index (χ0v) is 13.2. The zero-order valence-electron chi connectivity index (χ0n) is 10.2. The van der Waals surface area contributed by atoms with Gasteiger partial charge in [-0.2, -0.15) is 0 Å². The van der Waals surface area contributed by atoms with Crippen LogP contribution in [0.5, 0.6) is 0 Å². The summed E-state index contributed by atoms with van der Waals surface area (Å²) < 4.78 is 1.26. The Labute approximate surface area is 113 Å². The van der Waals surface area contributed by atoms with Gasteiger partial charge in [-0.3, -0.25) is 0 Å². The molecule has 0 saturated heterocycles. The van der Waals surface area contributed by atoms with Crippen molar-refractivity contribution in [2.24, 2.45) is 0 Å². The molecule has 16 heavy (non-hydrogen) atoms. The highest BCUT2D eigenvalue weighted by atomic mass is 127. The van der Waals surface area contributed by atoms with Gasteiger partial charge in [0.1, 0.15) is 12.1 Å². The Balaban J connectivity index is 0. The normalized spacial score (nSPS) is 8.12. The minimum atomic E-state index is -0.275. The van der Waals surface area contributed by atoms with Crippen LogP contribution in [0, 0.1) is 6.92 Å². The monoisotopic (exact) mass is 358 g/mol. The van der Waals surface area contributed by atoms with Crippen molar-refractivity contribution in [2.45, 2.75) is 20.8 Å². The lowest BCUT2D eigenvalue weighted by molar-refractivity contribution is 0.244. The molecule has 0 aliphatic heterocycles. The Morgan fingerprint density at radius 3 is 2.31 bits per heavy atom. The SMILES string of the molecule is CC.CNC(=O)n1cnc(C)c1N.CSI. The third kappa shape index (κ3) is 6.21. The first-order valence-corrected chi connectivity index (χ1v) is 8.51. The number of rotatable bonds is 0. The predicted octanol–water partition coefficient (Wildman–Crippen LogP) is 2.69. The van der Waals surface area contributed by atoms with Crippen LogP contribution >= 0.6 is 30.1 Å². The minimum absolute atomic E-state index is 0.275. The molecular formula is C9H19IN4OS. The molecule has 94 valence electrons. The van der Waals surface area contributed by atoms with Gasteiger partial charge in [0.25, 0.3) is 0 Å². The lowest BCUT2D eigenvalue weighted by Gasteiger charge is -2.00. The highest BCUT2D eigenvalue weighted by Crippen LogP contribution is 2.06. The second-order valence-electron chi connectivity index (χ2n) is 2.29. The number of nitrogen functional groups attached to an aromatic ring is 1. The Hall–Kier alpha value is -0.440. The van der Waals surface area contributed by atoms with Crippen molar-refractivity contribution in [1.82, 2.24) is 14.9 Å². The van der Waals surface area contributed by atoms with E-state index in [1.165, 1.54) is 17.9 Å². The Bertz CT molecular complexity index is 304. The number of carbonyl (C=O) groups excluding carboxylic acids is 1. The molecule has 0 bridgehead atoms. The van der Waals surface area contributed by atoms with E-state index in [4.69, 9.17) is 5.73 Å². The Morgan fingerprint density at radius 1 is 1.62 bits per heavy atom. The van der Waals surface area contributed by atoms with Gasteiger partial charge >= 0.3 is 6.03 Å². The van der Waals surface area contributed by atoms with Crippen molar-refractivity contribution in [3.63, 3.8) is 0 Å². The summed E-state index contributed by atoms with van der Waals surface area (Å²) in [6.07, 6.45) is 3.42. The Morgan fingerprint density at radius 2 is 2.06 bits per heavy atom. The van der Waals surface area contributed by atoms with E-state index < -0.39 is 0 Å². The molecule has 0 spiro atoms. The molecule has 0 aromatic carbocycles. The summed E-state index contributed by atoms with van der Waals surface area (Å²) in [6.45, 7) is 5.74. The third-order valence-corrected chi connectivity index (χ3v) is 1.43. The number of aromatic nitrogens is 2. The van der Waals surface area contributed by atoms with Gasteiger partial charge in [0, 0.05) is 7.05 Å². The van der Waals surface area contributed by atoms with Crippen LogP contribution in [0.25, 0.3) is 0 Å². The number of hydrogen-bond acceptors (Lipinski definition) is 4. The second-order valence-corrected chi connectivity index (χ2v) is 5.25. The van der Waals surface area contributed by atoms with Crippen molar-refractivity contribution < 1.29 is 4.79 Å². The second kappa shape index (κ2) is 11.1. The molecule has 1 amide bonds. The first-order valence-electron chi connectivity index (χ1n) is 4.74. The molecule has 0 atom stereocenters. The first-order chi connectivity index (χ1) is 7.58. The van der Waals surface area contributed by atoms with Crippen molar-refractivity contribution in [2.75, 3.05) is 19.0 Å². The van der Waals surface area contributed by atoms with Crippen LogP contribution in [0.4, 0.5) is 10.6 Å². The average Bonchev–Trinajstić information content (AvgIpc) is 2.63. The van der Waals surface area contributed by atoms with Crippen LogP contribution in [-0.2, 0) is 0 Å². The number of aryl methyl sites for hydroxylation is 1. The molecule has 0 aliphatic rings. The van der Waals surface area contributed by atoms with Gasteiger partial charge in [0.05, 0.1) is 5.69 Å². The molecule has 1 aromatic heterocycles. The summed E-state index contributed by atoms with van der Waals surface area (Å²) in [7, 11) is 3.26. The van der Waals surface area contributed by atoms with E-state index in [1.54, 1.807) is 15.9 Å². The molecule has 1 heterocycles. The smallest absolute Gasteiger partial charge is 0.328 e. The largest absolute Gasteiger partial charge is 0.383 e. The van der Waals surface area contributed by atoms with Crippen molar-refractivity contribution in [3.8, 4) is 0 Å². The topological polar surface area (TPSA) is 72.9 Å². The zero-order chi connectivity index (χ0) is 13.1. The van der Waals surface area contributed by atoms with Crippen LogP contribution in [0.3, 0.4) is 0 Å². The summed E-state index contributed by atoms with van der Waals surface area (Å²) in [4.78, 5) is 14.8. The molecule has 0 radical (unpaired) electrons. The molecule has 1 aromatic rings. The summed E-state index contributed by atoms with van der Waals surface area (Å²) in [5, 5.41) is 2.44. The van der Waals surface area contributed by atoms with Gasteiger partial charge in [-0.15, -0.1) is 0 Å². The summed E-state index contributed by atoms with van der Waals surface area (Å²) in [6, 6.07) is -0.275. The molecule has 0 saturated carbocycles. The minimum Gasteiger partial charge on any atom is -0.383 e. The van der Waals surface area contributed by atoms with Crippen molar-refractivity contribution >= 4 is 42.0 Å². The van der Waals surface area contributed by atoms with Gasteiger partial charge < -0.3 is 11.1 Å². The van der Waals surface area contributed by atoms with Crippen LogP contribution in [0.1, 0.15) is 19.5 Å². The maximum absolute atomic E-state index is 11.0. The fourth-order valence-electron chi connectivity index (χ4n) is 0.729. The fourth-order valence-corrected chi connectivity index (χ4v) is 0.729. The maximum atomic E-state index is 11.0. The van der Waals surface area contributed by atoms with E-state index in [0.717, 1.165) is 0 Å². The molecule has 5 nitrogen and oxygen atoms in total. The highest BCUT2D eigenvalue weighted by molar-refractivity contribution is 14.2. The fraction of sp³-hybridized carbons (Fsp3) is 0.556. The van der Waals surface area contributed by atoms with E-state index in [-0.39, 0.29) is 6.03 Å². The summed E-state index contributed by atoms with van der Waals surface area (Å²) in [5.74, 6) is 0.379. The van der Waals surface area contributed by atoms with Crippen LogP contribution in [0.2, 0.25) is 0 Å². The van der Waals surface area contributed by atoms with Crippen molar-refractivity contribution in [3.05, 3.63) is 12.0 Å². The van der Waals surface area contributed by atoms with E-state index in [9.17, 15) is 4.79 Å². The molecule has 0 fully saturated rings. The first kappa shape index (κ1) is 17.9. The van der Waals surface area contributed by atoms with Crippen LogP contribution in [0.15, 0.2) is 6.33 Å². The van der Waals surface area contributed by atoms with Gasteiger partial charge in [-0.1, -0.05) is 22.8 Å². The number of carbonyl (C=O) groups is 1. The number of nitrogens with two attached hydrogens (primary N) is 1. The lowest BCUT2D eigenvalue weighted by atomic mass is 10.5. The molecular weight excluding hydrogens is 339 g/mol. The van der Waals surface area contributed by atoms with E-state index in [0.29, 0.717) is 11.5 Å². The molecule has 0 unspecified atom stereocenters.